The van der Waals surface area contributed by atoms with Crippen molar-refractivity contribution in [3.8, 4) is 0 Å². The predicted octanol–water partition coefficient (Wildman–Crippen LogP) is 4.37. The molecule has 26 heavy (non-hydrogen) atoms. The SMILES string of the molecule is CCN1C(=S)NC(c2c(F)cccc2F)C(C(=O)c2ccccc2)=C1C. The molecule has 134 valence electrons. The van der Waals surface area contributed by atoms with E-state index in [-0.39, 0.29) is 16.9 Å². The second-order valence-electron chi connectivity index (χ2n) is 5.96. The number of thiocarbonyl (C=S) groups is 1. The van der Waals surface area contributed by atoms with Crippen molar-refractivity contribution in [2.45, 2.75) is 19.9 Å². The van der Waals surface area contributed by atoms with Crippen LogP contribution in [-0.2, 0) is 0 Å². The maximum Gasteiger partial charge on any atom is 0.193 e. The van der Waals surface area contributed by atoms with Crippen molar-refractivity contribution in [3.05, 3.63) is 82.6 Å². The Morgan fingerprint density at radius 3 is 2.31 bits per heavy atom. The van der Waals surface area contributed by atoms with Gasteiger partial charge in [0.1, 0.15) is 11.6 Å². The normalized spacial score (nSPS) is 17.3. The van der Waals surface area contributed by atoms with Crippen molar-refractivity contribution < 1.29 is 13.6 Å². The van der Waals surface area contributed by atoms with Crippen LogP contribution in [0.1, 0.15) is 35.8 Å². The number of hydrogen-bond donors (Lipinski definition) is 1. The molecule has 0 fully saturated rings. The molecule has 1 aliphatic heterocycles. The van der Waals surface area contributed by atoms with Gasteiger partial charge in [-0.1, -0.05) is 36.4 Å². The zero-order chi connectivity index (χ0) is 18.8. The molecule has 3 rings (SSSR count). The largest absolute Gasteiger partial charge is 0.351 e. The van der Waals surface area contributed by atoms with Gasteiger partial charge in [-0.2, -0.15) is 0 Å². The summed E-state index contributed by atoms with van der Waals surface area (Å²) >= 11 is 5.35. The maximum absolute atomic E-state index is 14.4. The average Bonchev–Trinajstić information content (AvgIpc) is 2.62. The molecule has 0 bridgehead atoms. The molecular weight excluding hydrogens is 354 g/mol. The van der Waals surface area contributed by atoms with Gasteiger partial charge in [-0.25, -0.2) is 8.78 Å². The number of hydrogen-bond acceptors (Lipinski definition) is 2. The number of allylic oxidation sites excluding steroid dienone is 1. The molecule has 1 atom stereocenters. The van der Waals surface area contributed by atoms with Gasteiger partial charge in [0.25, 0.3) is 0 Å². The molecular formula is C20H18F2N2OS. The van der Waals surface area contributed by atoms with Gasteiger partial charge in [-0.3, -0.25) is 4.79 Å². The monoisotopic (exact) mass is 372 g/mol. The summed E-state index contributed by atoms with van der Waals surface area (Å²) in [7, 11) is 0. The van der Waals surface area contributed by atoms with Gasteiger partial charge >= 0.3 is 0 Å². The first-order valence-corrected chi connectivity index (χ1v) is 8.69. The Bertz CT molecular complexity index is 876. The maximum atomic E-state index is 14.4. The van der Waals surface area contributed by atoms with E-state index < -0.39 is 17.7 Å². The number of halogens is 2. The first-order chi connectivity index (χ1) is 12.5. The van der Waals surface area contributed by atoms with Crippen LogP contribution < -0.4 is 5.32 Å². The van der Waals surface area contributed by atoms with E-state index in [9.17, 15) is 13.6 Å². The molecule has 0 aliphatic carbocycles. The number of nitrogens with zero attached hydrogens (tertiary/aromatic N) is 1. The van der Waals surface area contributed by atoms with E-state index >= 15 is 0 Å². The third kappa shape index (κ3) is 3.12. The number of carbonyl (C=O) groups is 1. The molecule has 3 nitrogen and oxygen atoms in total. The van der Waals surface area contributed by atoms with Crippen LogP contribution in [0.4, 0.5) is 8.78 Å². The summed E-state index contributed by atoms with van der Waals surface area (Å²) in [5.74, 6) is -1.73. The first kappa shape index (κ1) is 18.2. The third-order valence-corrected chi connectivity index (χ3v) is 4.82. The number of Topliss-reactive ketones (excluding diaryl/α,β-unsaturated/α-hetero) is 1. The summed E-state index contributed by atoms with van der Waals surface area (Å²) in [4.78, 5) is 14.9. The number of benzene rings is 2. The molecule has 1 unspecified atom stereocenters. The fourth-order valence-electron chi connectivity index (χ4n) is 3.20. The van der Waals surface area contributed by atoms with Gasteiger partial charge in [-0.15, -0.1) is 0 Å². The summed E-state index contributed by atoms with van der Waals surface area (Å²) in [6.07, 6.45) is 0. The fraction of sp³-hybridized carbons (Fsp3) is 0.200. The van der Waals surface area contributed by atoms with Crippen LogP contribution in [0, 0.1) is 11.6 Å². The van der Waals surface area contributed by atoms with Crippen molar-refractivity contribution in [1.29, 1.82) is 0 Å². The van der Waals surface area contributed by atoms with Crippen molar-refractivity contribution in [2.75, 3.05) is 6.54 Å². The molecule has 0 radical (unpaired) electrons. The highest BCUT2D eigenvalue weighted by atomic mass is 32.1. The summed E-state index contributed by atoms with van der Waals surface area (Å²) < 4.78 is 28.9. The standard InChI is InChI=1S/C20H18F2N2OS/c1-3-24-12(2)16(19(25)13-8-5-4-6-9-13)18(23-20(24)26)17-14(21)10-7-11-15(17)22/h4-11,18H,3H2,1-2H3,(H,23,26). The van der Waals surface area contributed by atoms with Crippen LogP contribution in [-0.4, -0.2) is 22.3 Å². The average molecular weight is 372 g/mol. The van der Waals surface area contributed by atoms with Gasteiger partial charge in [0.2, 0.25) is 0 Å². The quantitative estimate of drug-likeness (QED) is 0.638. The molecule has 1 aliphatic rings. The van der Waals surface area contributed by atoms with Gasteiger partial charge in [0.15, 0.2) is 10.9 Å². The molecule has 1 heterocycles. The van der Waals surface area contributed by atoms with E-state index in [0.717, 1.165) is 0 Å². The lowest BCUT2D eigenvalue weighted by molar-refractivity contribution is 0.102. The van der Waals surface area contributed by atoms with Crippen molar-refractivity contribution in [2.24, 2.45) is 0 Å². The minimum absolute atomic E-state index is 0.204. The highest BCUT2D eigenvalue weighted by molar-refractivity contribution is 7.80. The minimum atomic E-state index is -0.987. The highest BCUT2D eigenvalue weighted by Gasteiger charge is 2.36. The smallest absolute Gasteiger partial charge is 0.193 e. The Labute approximate surface area is 156 Å². The van der Waals surface area contributed by atoms with E-state index in [1.807, 2.05) is 6.92 Å². The predicted molar refractivity (Wildman–Crippen MR) is 101 cm³/mol. The molecule has 0 aromatic heterocycles. The molecule has 0 amide bonds. The van der Waals surface area contributed by atoms with Crippen LogP contribution in [0.5, 0.6) is 0 Å². The van der Waals surface area contributed by atoms with Crippen molar-refractivity contribution in [3.63, 3.8) is 0 Å². The van der Waals surface area contributed by atoms with E-state index in [1.165, 1.54) is 18.2 Å². The minimum Gasteiger partial charge on any atom is -0.351 e. The summed E-state index contributed by atoms with van der Waals surface area (Å²) in [5.41, 5.74) is 1.13. The Kier molecular flexibility index (Phi) is 5.13. The molecule has 0 saturated carbocycles. The lowest BCUT2D eigenvalue weighted by Crippen LogP contribution is -2.48. The van der Waals surface area contributed by atoms with Crippen molar-refractivity contribution in [1.82, 2.24) is 10.2 Å². The first-order valence-electron chi connectivity index (χ1n) is 8.28. The number of rotatable bonds is 4. The molecule has 2 aromatic rings. The van der Waals surface area contributed by atoms with E-state index in [0.29, 0.717) is 22.9 Å². The van der Waals surface area contributed by atoms with Crippen LogP contribution >= 0.6 is 12.2 Å². The van der Waals surface area contributed by atoms with Gasteiger partial charge in [0, 0.05) is 23.4 Å². The second kappa shape index (κ2) is 7.33. The number of carbonyl (C=O) groups excluding carboxylic acids is 1. The van der Waals surface area contributed by atoms with Gasteiger partial charge < -0.3 is 10.2 Å². The molecule has 0 saturated heterocycles. The molecule has 2 aromatic carbocycles. The number of ketones is 1. The third-order valence-electron chi connectivity index (χ3n) is 4.48. The highest BCUT2D eigenvalue weighted by Crippen LogP contribution is 2.35. The van der Waals surface area contributed by atoms with Gasteiger partial charge in [0.05, 0.1) is 11.6 Å². The number of nitrogens with one attached hydrogen (secondary N) is 1. The van der Waals surface area contributed by atoms with Crippen LogP contribution in [0.15, 0.2) is 59.8 Å². The summed E-state index contributed by atoms with van der Waals surface area (Å²) in [6, 6.07) is 11.3. The lowest BCUT2D eigenvalue weighted by atomic mass is 9.88. The van der Waals surface area contributed by atoms with Crippen LogP contribution in [0.3, 0.4) is 0 Å². The Hall–Kier alpha value is -2.60. The molecule has 6 heteroatoms. The summed E-state index contributed by atoms with van der Waals surface area (Å²) in [5, 5.41) is 3.28. The molecule has 0 spiro atoms. The zero-order valence-electron chi connectivity index (χ0n) is 14.4. The van der Waals surface area contributed by atoms with Crippen molar-refractivity contribution >= 4 is 23.1 Å². The van der Waals surface area contributed by atoms with E-state index in [4.69, 9.17) is 12.2 Å². The molecule has 1 N–H and O–H groups in total. The fourth-order valence-corrected chi connectivity index (χ4v) is 3.59. The summed E-state index contributed by atoms with van der Waals surface area (Å²) in [6.45, 7) is 4.18. The topological polar surface area (TPSA) is 32.3 Å². The van der Waals surface area contributed by atoms with E-state index in [1.54, 1.807) is 42.2 Å². The second-order valence-corrected chi connectivity index (χ2v) is 6.34. The zero-order valence-corrected chi connectivity index (χ0v) is 15.2. The Morgan fingerprint density at radius 2 is 1.73 bits per heavy atom. The Balaban J connectivity index is 2.21. The Morgan fingerprint density at radius 1 is 1.12 bits per heavy atom. The van der Waals surface area contributed by atoms with E-state index in [2.05, 4.69) is 5.32 Å². The van der Waals surface area contributed by atoms with Crippen LogP contribution in [0.25, 0.3) is 0 Å². The van der Waals surface area contributed by atoms with Crippen LogP contribution in [0.2, 0.25) is 0 Å². The lowest BCUT2D eigenvalue weighted by Gasteiger charge is -2.37. The van der Waals surface area contributed by atoms with Gasteiger partial charge in [-0.05, 0) is 38.2 Å².